The lowest BCUT2D eigenvalue weighted by molar-refractivity contribution is -0.670. The maximum atomic E-state index is 10.9. The van der Waals surface area contributed by atoms with Crippen molar-refractivity contribution in [2.75, 3.05) is 0 Å². The molecule has 0 spiro atoms. The molecule has 0 radical (unpaired) electrons. The van der Waals surface area contributed by atoms with Crippen molar-refractivity contribution in [1.82, 2.24) is 9.55 Å². The van der Waals surface area contributed by atoms with Crippen LogP contribution in [0.4, 0.5) is 5.69 Å². The molecule has 2 aromatic heterocycles. The van der Waals surface area contributed by atoms with Gasteiger partial charge < -0.3 is 4.98 Å². The number of imidazole rings is 1. The quantitative estimate of drug-likeness (QED) is 0.323. The predicted octanol–water partition coefficient (Wildman–Crippen LogP) is 3.50. The van der Waals surface area contributed by atoms with Gasteiger partial charge in [0.15, 0.2) is 0 Å². The minimum Gasteiger partial charge on any atom is -0.660 e. The molecule has 6 heteroatoms. The largest absolute Gasteiger partial charge is 0.660 e. The van der Waals surface area contributed by atoms with Crippen molar-refractivity contribution >= 4 is 5.69 Å². The molecule has 0 aliphatic rings. The van der Waals surface area contributed by atoms with E-state index < -0.39 is 4.92 Å². The van der Waals surface area contributed by atoms with Crippen LogP contribution in [0.1, 0.15) is 0 Å². The molecule has 0 aliphatic heterocycles. The Hall–Kier alpha value is -3.67. The van der Waals surface area contributed by atoms with Crippen LogP contribution in [-0.4, -0.2) is 9.49 Å². The smallest absolute Gasteiger partial charge is 0.269 e. The van der Waals surface area contributed by atoms with Gasteiger partial charge in [0.1, 0.15) is 18.1 Å². The van der Waals surface area contributed by atoms with Gasteiger partial charge in [-0.25, -0.2) is 9.13 Å². The molecule has 0 aliphatic carbocycles. The van der Waals surface area contributed by atoms with Gasteiger partial charge in [-0.2, -0.15) is 6.20 Å². The molecule has 0 saturated carbocycles. The minimum atomic E-state index is -0.398. The van der Waals surface area contributed by atoms with E-state index in [0.717, 1.165) is 28.1 Å². The lowest BCUT2D eigenvalue weighted by Gasteiger charge is -2.10. The maximum absolute atomic E-state index is 10.9. The van der Waals surface area contributed by atoms with Crippen LogP contribution in [0.15, 0.2) is 79.5 Å². The Labute approximate surface area is 150 Å². The summed E-state index contributed by atoms with van der Waals surface area (Å²) in [5, 5.41) is 10.9. The van der Waals surface area contributed by atoms with E-state index in [1.165, 1.54) is 12.1 Å². The van der Waals surface area contributed by atoms with Crippen molar-refractivity contribution in [1.29, 1.82) is 0 Å². The van der Waals surface area contributed by atoms with Crippen LogP contribution in [0, 0.1) is 10.1 Å². The second kappa shape index (κ2) is 6.33. The molecule has 0 amide bonds. The van der Waals surface area contributed by atoms with E-state index in [1.807, 2.05) is 71.4 Å². The van der Waals surface area contributed by atoms with Crippen LogP contribution < -0.4 is 9.55 Å². The van der Waals surface area contributed by atoms with E-state index in [9.17, 15) is 10.1 Å². The molecule has 6 nitrogen and oxygen atoms in total. The average molecular weight is 344 g/mol. The van der Waals surface area contributed by atoms with Gasteiger partial charge in [0.2, 0.25) is 6.33 Å². The Morgan fingerprint density at radius 1 is 1.04 bits per heavy atom. The molecule has 0 unspecified atom stereocenters. The second-order valence-electron chi connectivity index (χ2n) is 6.03. The Morgan fingerprint density at radius 2 is 1.77 bits per heavy atom. The summed E-state index contributed by atoms with van der Waals surface area (Å²) >= 11 is 0. The maximum Gasteiger partial charge on any atom is 0.269 e. The first kappa shape index (κ1) is 15.8. The van der Waals surface area contributed by atoms with Gasteiger partial charge in [-0.1, -0.05) is 36.0 Å². The topological polar surface area (TPSA) is 66.0 Å². The predicted molar refractivity (Wildman–Crippen MR) is 97.8 cm³/mol. The Kier molecular flexibility index (Phi) is 3.85. The molecule has 2 aromatic carbocycles. The zero-order valence-corrected chi connectivity index (χ0v) is 14.1. The molecule has 26 heavy (non-hydrogen) atoms. The zero-order chi connectivity index (χ0) is 18.1. The minimum absolute atomic E-state index is 0.0671. The number of benzene rings is 2. The summed E-state index contributed by atoms with van der Waals surface area (Å²) in [5.41, 5.74) is 4.72. The number of aryl methyl sites for hydroxylation is 1. The van der Waals surface area contributed by atoms with Crippen LogP contribution in [0.3, 0.4) is 0 Å². The van der Waals surface area contributed by atoms with Crippen molar-refractivity contribution in [3.8, 4) is 28.1 Å². The highest BCUT2D eigenvalue weighted by Gasteiger charge is 2.15. The normalized spacial score (nSPS) is 10.8. The van der Waals surface area contributed by atoms with E-state index in [4.69, 9.17) is 0 Å². The van der Waals surface area contributed by atoms with E-state index in [0.29, 0.717) is 0 Å². The fourth-order valence-corrected chi connectivity index (χ4v) is 3.00. The van der Waals surface area contributed by atoms with Crippen LogP contribution in [0.5, 0.6) is 0 Å². The van der Waals surface area contributed by atoms with Crippen molar-refractivity contribution in [3.63, 3.8) is 0 Å². The molecular weight excluding hydrogens is 328 g/mol. The van der Waals surface area contributed by atoms with Crippen LogP contribution >= 0.6 is 0 Å². The highest BCUT2D eigenvalue weighted by molar-refractivity contribution is 5.84. The van der Waals surface area contributed by atoms with E-state index >= 15 is 0 Å². The molecule has 0 fully saturated rings. The summed E-state index contributed by atoms with van der Waals surface area (Å²) in [6.45, 7) is 0. The number of nitrogens with zero attached hydrogens (tertiary/aromatic N) is 4. The third-order valence-corrected chi connectivity index (χ3v) is 4.27. The first-order valence-electron chi connectivity index (χ1n) is 8.13. The van der Waals surface area contributed by atoms with Gasteiger partial charge >= 0.3 is 0 Å². The SMILES string of the molecule is C[n+]1ccn(-c2c(-c3ccccc3)c[n-]c2-c2ccc([N+](=O)[O-])cc2)c1. The summed E-state index contributed by atoms with van der Waals surface area (Å²) in [5.74, 6) is 0. The van der Waals surface area contributed by atoms with Crippen LogP contribution in [0.25, 0.3) is 28.1 Å². The molecular formula is C20H16N4O2. The summed E-state index contributed by atoms with van der Waals surface area (Å²) in [6, 6.07) is 16.5. The standard InChI is InChI=1S/C20H16N4O2/c1-22-11-12-23(14-22)20-18(15-5-3-2-4-6-15)13-21-19(20)16-7-9-17(10-8-16)24(25)26/h2-14H,1H3. The number of hydrogen-bond acceptors (Lipinski definition) is 2. The van der Waals surface area contributed by atoms with Crippen molar-refractivity contribution < 1.29 is 9.49 Å². The molecule has 0 atom stereocenters. The van der Waals surface area contributed by atoms with E-state index in [-0.39, 0.29) is 5.69 Å². The molecule has 0 bridgehead atoms. The Balaban J connectivity index is 1.90. The molecule has 128 valence electrons. The van der Waals surface area contributed by atoms with Gasteiger partial charge in [-0.15, -0.1) is 0 Å². The summed E-state index contributed by atoms with van der Waals surface area (Å²) in [7, 11) is 1.96. The average Bonchev–Trinajstić information content (AvgIpc) is 3.28. The van der Waals surface area contributed by atoms with Crippen LogP contribution in [0.2, 0.25) is 0 Å². The molecule has 0 N–H and O–H groups in total. The fourth-order valence-electron chi connectivity index (χ4n) is 3.00. The lowest BCUT2D eigenvalue weighted by Crippen LogP contribution is -2.23. The van der Waals surface area contributed by atoms with Gasteiger partial charge in [0, 0.05) is 17.7 Å². The molecule has 0 saturated heterocycles. The molecule has 4 aromatic rings. The monoisotopic (exact) mass is 344 g/mol. The van der Waals surface area contributed by atoms with Crippen molar-refractivity contribution in [2.24, 2.45) is 7.05 Å². The van der Waals surface area contributed by atoms with Gasteiger partial charge in [-0.3, -0.25) is 10.1 Å². The first-order chi connectivity index (χ1) is 12.6. The summed E-state index contributed by atoms with van der Waals surface area (Å²) in [6.07, 6.45) is 7.75. The molecule has 2 heterocycles. The fraction of sp³-hybridized carbons (Fsp3) is 0.0500. The van der Waals surface area contributed by atoms with Gasteiger partial charge in [0.05, 0.1) is 12.0 Å². The van der Waals surface area contributed by atoms with Crippen molar-refractivity contribution in [3.05, 3.63) is 89.6 Å². The number of non-ortho nitro benzene ring substituents is 1. The number of nitro benzene ring substituents is 1. The van der Waals surface area contributed by atoms with Crippen LogP contribution in [-0.2, 0) is 7.05 Å². The third-order valence-electron chi connectivity index (χ3n) is 4.27. The highest BCUT2D eigenvalue weighted by atomic mass is 16.6. The van der Waals surface area contributed by atoms with Gasteiger partial charge in [-0.05, 0) is 23.3 Å². The summed E-state index contributed by atoms with van der Waals surface area (Å²) < 4.78 is 3.98. The zero-order valence-electron chi connectivity index (χ0n) is 14.1. The molecule has 4 rings (SSSR count). The number of hydrogen-bond donors (Lipinski definition) is 0. The Bertz CT molecular complexity index is 1060. The number of aromatic nitrogens is 3. The highest BCUT2D eigenvalue weighted by Crippen LogP contribution is 2.35. The lowest BCUT2D eigenvalue weighted by atomic mass is 10.0. The number of rotatable bonds is 4. The third kappa shape index (κ3) is 2.77. The van der Waals surface area contributed by atoms with Gasteiger partial charge in [0.25, 0.3) is 5.69 Å². The second-order valence-corrected chi connectivity index (χ2v) is 6.03. The number of nitro groups is 1. The van der Waals surface area contributed by atoms with E-state index in [2.05, 4.69) is 4.98 Å². The summed E-state index contributed by atoms with van der Waals surface area (Å²) in [4.78, 5) is 15.1. The Morgan fingerprint density at radius 3 is 2.38 bits per heavy atom. The first-order valence-corrected chi connectivity index (χ1v) is 8.13. The van der Waals surface area contributed by atoms with E-state index in [1.54, 1.807) is 12.1 Å². The van der Waals surface area contributed by atoms with Crippen molar-refractivity contribution in [2.45, 2.75) is 0 Å².